The Morgan fingerprint density at radius 2 is 1.84 bits per heavy atom. The number of ether oxygens (including phenoxy) is 1. The first-order valence-corrected chi connectivity index (χ1v) is 13.4. The maximum absolute atomic E-state index is 13.8. The number of benzene rings is 1. The van der Waals surface area contributed by atoms with Gasteiger partial charge < -0.3 is 9.22 Å². The molecule has 4 aliphatic heterocycles. The number of hydrogen-bond acceptors (Lipinski definition) is 4. The molecule has 0 amide bonds. The Kier molecular flexibility index (Phi) is 6.42. The zero-order valence-corrected chi connectivity index (χ0v) is 20.2. The molecule has 0 unspecified atom stereocenters. The lowest BCUT2D eigenvalue weighted by atomic mass is 9.82. The fourth-order valence-electron chi connectivity index (χ4n) is 6.21. The third kappa shape index (κ3) is 4.27. The molecule has 5 heterocycles. The minimum absolute atomic E-state index is 0.0261. The lowest BCUT2D eigenvalue weighted by Crippen LogP contribution is -2.65. The number of quaternary nitrogens is 1. The fraction of sp³-hybridized carbons (Fsp3) is 0.593. The Bertz CT molecular complexity index is 886. The smallest absolute Gasteiger partial charge is 0.332 e. The van der Waals surface area contributed by atoms with Crippen molar-refractivity contribution in [3.05, 3.63) is 58.3 Å². The van der Waals surface area contributed by atoms with Crippen molar-refractivity contribution in [1.29, 1.82) is 0 Å². The van der Waals surface area contributed by atoms with Gasteiger partial charge in [0.25, 0.3) is 0 Å². The molecule has 0 aliphatic carbocycles. The number of esters is 1. The SMILES string of the molecule is C[C@@](C(=O)O[C@H]1C[N+]2(CCc3ccccc3)CCC1CC2)(c1cccs1)N1CCCCC1. The lowest BCUT2D eigenvalue weighted by molar-refractivity contribution is -0.946. The van der Waals surface area contributed by atoms with Crippen molar-refractivity contribution in [3.8, 4) is 0 Å². The van der Waals surface area contributed by atoms with Gasteiger partial charge >= 0.3 is 5.97 Å². The Morgan fingerprint density at radius 3 is 2.53 bits per heavy atom. The van der Waals surface area contributed by atoms with Gasteiger partial charge in [-0.15, -0.1) is 11.3 Å². The highest BCUT2D eigenvalue weighted by molar-refractivity contribution is 7.10. The predicted molar refractivity (Wildman–Crippen MR) is 130 cm³/mol. The third-order valence-electron chi connectivity index (χ3n) is 8.40. The number of piperidine rings is 4. The fourth-order valence-corrected chi connectivity index (χ4v) is 7.12. The zero-order chi connectivity index (χ0) is 22.0. The quantitative estimate of drug-likeness (QED) is 0.444. The maximum atomic E-state index is 13.8. The Balaban J connectivity index is 1.30. The van der Waals surface area contributed by atoms with Gasteiger partial charge in [-0.1, -0.05) is 42.8 Å². The summed E-state index contributed by atoms with van der Waals surface area (Å²) in [7, 11) is 0. The predicted octanol–water partition coefficient (Wildman–Crippen LogP) is 4.84. The largest absolute Gasteiger partial charge is 0.454 e. The molecule has 4 fully saturated rings. The molecule has 32 heavy (non-hydrogen) atoms. The van der Waals surface area contributed by atoms with Gasteiger partial charge in [0, 0.05) is 30.1 Å². The molecular weight excluding hydrogens is 416 g/mol. The number of likely N-dealkylation sites (tertiary alicyclic amines) is 1. The van der Waals surface area contributed by atoms with Gasteiger partial charge in [0.05, 0.1) is 19.6 Å². The van der Waals surface area contributed by atoms with Crippen LogP contribution in [0.15, 0.2) is 47.8 Å². The van der Waals surface area contributed by atoms with E-state index in [0.717, 1.165) is 42.0 Å². The van der Waals surface area contributed by atoms with Gasteiger partial charge in [0.15, 0.2) is 11.6 Å². The molecule has 0 spiro atoms. The first kappa shape index (κ1) is 22.1. The van der Waals surface area contributed by atoms with Crippen molar-refractivity contribution < 1.29 is 14.0 Å². The van der Waals surface area contributed by atoms with Crippen LogP contribution in [0, 0.1) is 5.92 Å². The van der Waals surface area contributed by atoms with Crippen LogP contribution in [0.5, 0.6) is 0 Å². The third-order valence-corrected chi connectivity index (χ3v) is 9.49. The standard InChI is InChI=1S/C27H37N2O2S/c1-27(25-11-8-20-32-25,28-15-6-3-7-16-28)26(30)31-24-21-29(18-13-23(24)14-19-29)17-12-22-9-4-2-5-10-22/h2,4-5,8-11,20,23-24H,3,6-7,12-19,21H2,1H3/q+1/t23?,24-,27-,29?/m0/s1. The van der Waals surface area contributed by atoms with E-state index in [4.69, 9.17) is 4.74 Å². The minimum Gasteiger partial charge on any atom is -0.454 e. The van der Waals surface area contributed by atoms with E-state index in [2.05, 4.69) is 59.7 Å². The van der Waals surface area contributed by atoms with E-state index in [1.807, 2.05) is 0 Å². The summed E-state index contributed by atoms with van der Waals surface area (Å²) in [6.45, 7) is 8.68. The molecule has 4 aliphatic rings. The topological polar surface area (TPSA) is 29.5 Å². The van der Waals surface area contributed by atoms with Gasteiger partial charge in [0.1, 0.15) is 6.54 Å². The second-order valence-corrected chi connectivity index (χ2v) is 11.3. The van der Waals surface area contributed by atoms with Crippen molar-refractivity contribution in [2.45, 2.75) is 57.1 Å². The molecule has 1 aromatic heterocycles. The van der Waals surface area contributed by atoms with Crippen molar-refractivity contribution in [2.75, 3.05) is 39.3 Å². The second kappa shape index (κ2) is 9.28. The summed E-state index contributed by atoms with van der Waals surface area (Å²) in [6, 6.07) is 15.0. The molecule has 4 saturated heterocycles. The van der Waals surface area contributed by atoms with E-state index in [0.29, 0.717) is 5.92 Å². The minimum atomic E-state index is -0.657. The number of carbonyl (C=O) groups is 1. The number of rotatable bonds is 7. The van der Waals surface area contributed by atoms with Crippen LogP contribution >= 0.6 is 11.3 Å². The van der Waals surface area contributed by atoms with Crippen molar-refractivity contribution >= 4 is 17.3 Å². The molecule has 5 heteroatoms. The first-order chi connectivity index (χ1) is 15.6. The normalized spacial score (nSPS) is 30.0. The summed E-state index contributed by atoms with van der Waals surface area (Å²) in [4.78, 5) is 17.3. The van der Waals surface area contributed by atoms with E-state index in [9.17, 15) is 4.79 Å². The maximum Gasteiger partial charge on any atom is 0.332 e. The summed E-state index contributed by atoms with van der Waals surface area (Å²) < 4.78 is 7.57. The summed E-state index contributed by atoms with van der Waals surface area (Å²) in [5.41, 5.74) is 0.756. The molecule has 0 N–H and O–H groups in total. The molecule has 2 aromatic rings. The Hall–Kier alpha value is -1.69. The molecule has 1 aromatic carbocycles. The average Bonchev–Trinajstić information content (AvgIpc) is 3.40. The highest BCUT2D eigenvalue weighted by atomic mass is 32.1. The van der Waals surface area contributed by atoms with Gasteiger partial charge in [-0.25, -0.2) is 4.79 Å². The van der Waals surface area contributed by atoms with Crippen LogP contribution in [-0.4, -0.2) is 60.7 Å². The van der Waals surface area contributed by atoms with E-state index in [1.165, 1.54) is 50.8 Å². The van der Waals surface area contributed by atoms with E-state index in [-0.39, 0.29) is 12.1 Å². The van der Waals surface area contributed by atoms with E-state index >= 15 is 0 Å². The molecule has 6 rings (SSSR count). The number of fused-ring (bicyclic) bond motifs is 3. The van der Waals surface area contributed by atoms with Gasteiger partial charge in [-0.2, -0.15) is 0 Å². The molecule has 4 nitrogen and oxygen atoms in total. The van der Waals surface area contributed by atoms with Crippen molar-refractivity contribution in [2.24, 2.45) is 5.92 Å². The van der Waals surface area contributed by atoms with E-state index < -0.39 is 5.54 Å². The number of hydrogen-bond donors (Lipinski definition) is 0. The van der Waals surface area contributed by atoms with Gasteiger partial charge in [0.2, 0.25) is 0 Å². The number of thiophene rings is 1. The lowest BCUT2D eigenvalue weighted by Gasteiger charge is -2.52. The van der Waals surface area contributed by atoms with Crippen molar-refractivity contribution in [1.82, 2.24) is 4.90 Å². The summed E-state index contributed by atoms with van der Waals surface area (Å²) in [5, 5.41) is 2.09. The van der Waals surface area contributed by atoms with Crippen LogP contribution in [-0.2, 0) is 21.5 Å². The van der Waals surface area contributed by atoms with Crippen LogP contribution in [0.4, 0.5) is 0 Å². The summed E-state index contributed by atoms with van der Waals surface area (Å²) in [5.74, 6) is 0.506. The molecular formula is C27H37N2O2S+. The van der Waals surface area contributed by atoms with Crippen molar-refractivity contribution in [3.63, 3.8) is 0 Å². The molecule has 2 atom stereocenters. The summed E-state index contributed by atoms with van der Waals surface area (Å²) in [6.07, 6.45) is 7.13. The van der Waals surface area contributed by atoms with Gasteiger partial charge in [-0.05, 0) is 49.9 Å². The first-order valence-electron chi connectivity index (χ1n) is 12.5. The number of carbonyl (C=O) groups excluding carboxylic acids is 1. The van der Waals surface area contributed by atoms with Crippen LogP contribution in [0.25, 0.3) is 0 Å². The molecule has 172 valence electrons. The molecule has 2 bridgehead atoms. The van der Waals surface area contributed by atoms with E-state index in [1.54, 1.807) is 11.3 Å². The molecule has 0 saturated carbocycles. The second-order valence-electron chi connectivity index (χ2n) is 10.3. The van der Waals surface area contributed by atoms with Crippen LogP contribution < -0.4 is 0 Å². The van der Waals surface area contributed by atoms with Crippen LogP contribution in [0.1, 0.15) is 49.5 Å². The van der Waals surface area contributed by atoms with Crippen LogP contribution in [0.2, 0.25) is 0 Å². The average molecular weight is 454 g/mol. The zero-order valence-electron chi connectivity index (χ0n) is 19.4. The Morgan fingerprint density at radius 1 is 1.09 bits per heavy atom. The Labute approximate surface area is 196 Å². The summed E-state index contributed by atoms with van der Waals surface area (Å²) >= 11 is 1.69. The molecule has 0 radical (unpaired) electrons. The highest BCUT2D eigenvalue weighted by Gasteiger charge is 2.50. The monoisotopic (exact) mass is 453 g/mol. The van der Waals surface area contributed by atoms with Gasteiger partial charge in [-0.3, -0.25) is 4.90 Å². The highest BCUT2D eigenvalue weighted by Crippen LogP contribution is 2.39. The number of nitrogens with zero attached hydrogens (tertiary/aromatic N) is 2. The van der Waals surface area contributed by atoms with Crippen LogP contribution in [0.3, 0.4) is 0 Å².